The minimum Gasteiger partial charge on any atom is -0.365 e. The van der Waals surface area contributed by atoms with Gasteiger partial charge in [0.1, 0.15) is 17.6 Å². The van der Waals surface area contributed by atoms with Crippen LogP contribution in [-0.4, -0.2) is 14.5 Å². The molecule has 0 amide bonds. The van der Waals surface area contributed by atoms with Crippen LogP contribution in [0.15, 0.2) is 60.9 Å². The highest BCUT2D eigenvalue weighted by Gasteiger charge is 2.39. The third kappa shape index (κ3) is 2.02. The van der Waals surface area contributed by atoms with Crippen LogP contribution in [0.2, 0.25) is 5.15 Å². The largest absolute Gasteiger partial charge is 0.365 e. The van der Waals surface area contributed by atoms with Crippen molar-refractivity contribution in [2.45, 2.75) is 19.4 Å². The lowest BCUT2D eigenvalue weighted by Crippen LogP contribution is -2.39. The van der Waals surface area contributed by atoms with Crippen molar-refractivity contribution in [3.63, 3.8) is 0 Å². The quantitative estimate of drug-likeness (QED) is 0.482. The van der Waals surface area contributed by atoms with Crippen molar-refractivity contribution in [3.05, 3.63) is 82.9 Å². The van der Waals surface area contributed by atoms with E-state index in [2.05, 4.69) is 82.2 Å². The second-order valence-corrected chi connectivity index (χ2v) is 7.26. The van der Waals surface area contributed by atoms with E-state index in [-0.39, 0.29) is 0 Å². The van der Waals surface area contributed by atoms with Crippen molar-refractivity contribution in [1.29, 1.82) is 0 Å². The van der Waals surface area contributed by atoms with E-state index in [1.807, 2.05) is 6.07 Å². The highest BCUT2D eigenvalue weighted by molar-refractivity contribution is 6.32. The highest BCUT2D eigenvalue weighted by Crippen LogP contribution is 2.45. The predicted octanol–water partition coefficient (Wildman–Crippen LogP) is 5.07. The molecule has 0 bridgehead atoms. The molecule has 26 heavy (non-hydrogen) atoms. The molecule has 2 aromatic carbocycles. The Hall–Kier alpha value is -2.85. The number of hydrogen-bond donors (Lipinski definition) is 1. The number of para-hydroxylation sites is 1. The van der Waals surface area contributed by atoms with Crippen LogP contribution in [0.4, 0.5) is 5.69 Å². The van der Waals surface area contributed by atoms with Crippen molar-refractivity contribution in [2.75, 3.05) is 5.32 Å². The van der Waals surface area contributed by atoms with Crippen molar-refractivity contribution < 1.29 is 0 Å². The van der Waals surface area contributed by atoms with E-state index in [9.17, 15) is 0 Å². The van der Waals surface area contributed by atoms with Gasteiger partial charge < -0.3 is 5.32 Å². The molecule has 5 heteroatoms. The van der Waals surface area contributed by atoms with Gasteiger partial charge in [-0.1, -0.05) is 59.6 Å². The fourth-order valence-electron chi connectivity index (χ4n) is 3.80. The van der Waals surface area contributed by atoms with Gasteiger partial charge in [-0.2, -0.15) is 0 Å². The van der Waals surface area contributed by atoms with Crippen LogP contribution >= 0.6 is 11.6 Å². The highest BCUT2D eigenvalue weighted by atomic mass is 35.5. The smallest absolute Gasteiger partial charge is 0.165 e. The maximum Gasteiger partial charge on any atom is 0.165 e. The zero-order valence-corrected chi connectivity index (χ0v) is 15.2. The van der Waals surface area contributed by atoms with Gasteiger partial charge in [-0.05, 0) is 31.5 Å². The number of benzene rings is 2. The molecule has 0 fully saturated rings. The van der Waals surface area contributed by atoms with Gasteiger partial charge in [-0.15, -0.1) is 0 Å². The molecule has 5 rings (SSSR count). The molecule has 0 saturated carbocycles. The lowest BCUT2D eigenvalue weighted by atomic mass is 9.86. The normalized spacial score (nSPS) is 18.3. The van der Waals surface area contributed by atoms with Crippen LogP contribution in [0.5, 0.6) is 0 Å². The molecule has 4 aromatic rings. The van der Waals surface area contributed by atoms with Crippen LogP contribution in [0.3, 0.4) is 0 Å². The second kappa shape index (κ2) is 5.32. The van der Waals surface area contributed by atoms with Crippen LogP contribution in [0.1, 0.15) is 23.7 Å². The molecule has 1 N–H and O–H groups in total. The molecule has 1 unspecified atom stereocenters. The Morgan fingerprint density at radius 3 is 2.62 bits per heavy atom. The minimum absolute atomic E-state index is 0.428. The van der Waals surface area contributed by atoms with Crippen molar-refractivity contribution in [3.8, 4) is 5.82 Å². The number of aryl methyl sites for hydroxylation is 1. The van der Waals surface area contributed by atoms with Gasteiger partial charge in [-0.3, -0.25) is 4.57 Å². The zero-order valence-electron chi connectivity index (χ0n) is 14.5. The van der Waals surface area contributed by atoms with E-state index in [0.29, 0.717) is 5.15 Å². The SMILES string of the molecule is Cc1ccc(C2(C)Nc3c(Cl)ncnc3-n3c2cc2ccccc23)cc1. The van der Waals surface area contributed by atoms with Gasteiger partial charge >= 0.3 is 0 Å². The Balaban J connectivity index is 1.88. The van der Waals surface area contributed by atoms with E-state index in [1.54, 1.807) is 0 Å². The summed E-state index contributed by atoms with van der Waals surface area (Å²) in [6.45, 7) is 4.27. The van der Waals surface area contributed by atoms with Crippen LogP contribution in [0.25, 0.3) is 16.7 Å². The van der Waals surface area contributed by atoms with Gasteiger partial charge in [0.25, 0.3) is 0 Å². The predicted molar refractivity (Wildman–Crippen MR) is 105 cm³/mol. The second-order valence-electron chi connectivity index (χ2n) is 6.90. The monoisotopic (exact) mass is 360 g/mol. The number of nitrogens with zero attached hydrogens (tertiary/aromatic N) is 3. The maximum absolute atomic E-state index is 6.44. The maximum atomic E-state index is 6.44. The molecule has 2 aromatic heterocycles. The Kier molecular flexibility index (Phi) is 3.15. The summed E-state index contributed by atoms with van der Waals surface area (Å²) in [5.74, 6) is 0.783. The summed E-state index contributed by atoms with van der Waals surface area (Å²) in [7, 11) is 0. The Morgan fingerprint density at radius 1 is 1.04 bits per heavy atom. The Bertz CT molecular complexity index is 1150. The minimum atomic E-state index is -0.450. The number of rotatable bonds is 1. The fraction of sp³-hybridized carbons (Fsp3) is 0.143. The average molecular weight is 361 g/mol. The van der Waals surface area contributed by atoms with Crippen molar-refractivity contribution in [2.24, 2.45) is 0 Å². The molecule has 0 spiro atoms. The zero-order chi connectivity index (χ0) is 17.9. The topological polar surface area (TPSA) is 42.7 Å². The molecule has 1 atom stereocenters. The summed E-state index contributed by atoms with van der Waals surface area (Å²) >= 11 is 6.44. The Labute approximate surface area is 156 Å². The van der Waals surface area contributed by atoms with Crippen LogP contribution in [-0.2, 0) is 5.54 Å². The number of hydrogen-bond acceptors (Lipinski definition) is 3. The first-order valence-corrected chi connectivity index (χ1v) is 8.93. The van der Waals surface area contributed by atoms with Gasteiger partial charge in [0.05, 0.1) is 11.2 Å². The third-order valence-corrected chi connectivity index (χ3v) is 5.51. The van der Waals surface area contributed by atoms with E-state index < -0.39 is 5.54 Å². The van der Waals surface area contributed by atoms with E-state index in [4.69, 9.17) is 11.6 Å². The summed E-state index contributed by atoms with van der Waals surface area (Å²) in [6, 6.07) is 19.1. The first-order valence-electron chi connectivity index (χ1n) is 8.55. The molecule has 0 radical (unpaired) electrons. The van der Waals surface area contributed by atoms with E-state index in [1.165, 1.54) is 17.3 Å². The molecule has 0 saturated heterocycles. The first-order chi connectivity index (χ1) is 12.6. The Morgan fingerprint density at radius 2 is 1.81 bits per heavy atom. The van der Waals surface area contributed by atoms with Gasteiger partial charge in [0, 0.05) is 5.39 Å². The molecule has 4 nitrogen and oxygen atoms in total. The van der Waals surface area contributed by atoms with Gasteiger partial charge in [0.15, 0.2) is 11.0 Å². The lowest BCUT2D eigenvalue weighted by molar-refractivity contribution is 0.601. The van der Waals surface area contributed by atoms with E-state index in [0.717, 1.165) is 28.3 Å². The number of halogens is 1. The fourth-order valence-corrected chi connectivity index (χ4v) is 3.98. The molecule has 1 aliphatic rings. The summed E-state index contributed by atoms with van der Waals surface area (Å²) in [5, 5.41) is 5.22. The van der Waals surface area contributed by atoms with E-state index >= 15 is 0 Å². The number of anilines is 1. The summed E-state index contributed by atoms with van der Waals surface area (Å²) in [5.41, 5.74) is 4.94. The summed E-state index contributed by atoms with van der Waals surface area (Å²) < 4.78 is 2.19. The van der Waals surface area contributed by atoms with Crippen molar-refractivity contribution in [1.82, 2.24) is 14.5 Å². The molecule has 1 aliphatic heterocycles. The number of aromatic nitrogens is 3. The number of nitrogens with one attached hydrogen (secondary N) is 1. The van der Waals surface area contributed by atoms with Crippen LogP contribution < -0.4 is 5.32 Å². The van der Waals surface area contributed by atoms with Crippen LogP contribution in [0, 0.1) is 6.92 Å². The lowest BCUT2D eigenvalue weighted by Gasteiger charge is -2.38. The van der Waals surface area contributed by atoms with Gasteiger partial charge in [-0.25, -0.2) is 9.97 Å². The molecule has 128 valence electrons. The average Bonchev–Trinajstić information content (AvgIpc) is 3.04. The first kappa shape index (κ1) is 15.4. The third-order valence-electron chi connectivity index (χ3n) is 5.22. The summed E-state index contributed by atoms with van der Waals surface area (Å²) in [6.07, 6.45) is 1.51. The molecule has 3 heterocycles. The standard InChI is InChI=1S/C21H17ClN4/c1-13-7-9-15(10-8-13)21(2)17-11-14-5-3-4-6-16(14)26(17)20-18(25-21)19(22)23-12-24-20/h3-12,25H,1-2H3. The molecular formula is C21H17ClN4. The van der Waals surface area contributed by atoms with Crippen molar-refractivity contribution >= 4 is 28.2 Å². The molecular weight excluding hydrogens is 344 g/mol. The number of fused-ring (bicyclic) bond motifs is 5. The van der Waals surface area contributed by atoms with Gasteiger partial charge in [0.2, 0.25) is 0 Å². The molecule has 0 aliphatic carbocycles. The summed E-state index contributed by atoms with van der Waals surface area (Å²) in [4.78, 5) is 8.70.